The fourth-order valence-electron chi connectivity index (χ4n) is 2.28. The number of nitrogens with two attached hydrogens (primary N) is 1. The van der Waals surface area contributed by atoms with Crippen LogP contribution in [0.4, 0.5) is 0 Å². The highest BCUT2D eigenvalue weighted by Crippen LogP contribution is 2.21. The molecular formula is C18H24ClN3OS. The molecule has 1 heterocycles. The Morgan fingerprint density at radius 3 is 2.54 bits per heavy atom. The van der Waals surface area contributed by atoms with Crippen LogP contribution in [0.2, 0.25) is 0 Å². The Morgan fingerprint density at radius 1 is 1.25 bits per heavy atom. The van der Waals surface area contributed by atoms with Gasteiger partial charge < -0.3 is 11.1 Å². The molecule has 3 N–H and O–H groups in total. The van der Waals surface area contributed by atoms with Gasteiger partial charge in [-0.25, -0.2) is 0 Å². The minimum Gasteiger partial charge on any atom is -0.348 e. The van der Waals surface area contributed by atoms with Crippen LogP contribution in [0, 0.1) is 0 Å². The summed E-state index contributed by atoms with van der Waals surface area (Å²) in [6, 6.07) is 11.6. The van der Waals surface area contributed by atoms with E-state index in [0.717, 1.165) is 22.4 Å². The van der Waals surface area contributed by atoms with Gasteiger partial charge in [-0.1, -0.05) is 30.3 Å². The number of benzene rings is 1. The third-order valence-corrected chi connectivity index (χ3v) is 4.38. The van der Waals surface area contributed by atoms with Gasteiger partial charge in [-0.15, -0.1) is 12.4 Å². The van der Waals surface area contributed by atoms with Crippen molar-refractivity contribution in [2.75, 3.05) is 12.0 Å². The molecule has 2 rings (SSSR count). The van der Waals surface area contributed by atoms with Crippen molar-refractivity contribution in [3.8, 4) is 11.1 Å². The van der Waals surface area contributed by atoms with Crippen molar-refractivity contribution in [1.82, 2.24) is 10.3 Å². The summed E-state index contributed by atoms with van der Waals surface area (Å²) in [5.41, 5.74) is 9.14. The molecular weight excluding hydrogens is 342 g/mol. The third-order valence-electron chi connectivity index (χ3n) is 3.73. The zero-order valence-corrected chi connectivity index (χ0v) is 15.6. The average molecular weight is 366 g/mol. The molecule has 2 atom stereocenters. The molecule has 1 aromatic heterocycles. The van der Waals surface area contributed by atoms with Crippen LogP contribution in [-0.2, 0) is 4.79 Å². The SMILES string of the molecule is CSCC[C@H](N)C(=O)NC(C)c1ccc(-c2cccnc2)cc1.Cl. The van der Waals surface area contributed by atoms with Crippen molar-refractivity contribution in [2.24, 2.45) is 5.73 Å². The minimum atomic E-state index is -0.445. The Bertz CT molecular complexity index is 622. The number of nitrogens with one attached hydrogen (secondary N) is 1. The van der Waals surface area contributed by atoms with Gasteiger partial charge in [0.2, 0.25) is 5.91 Å². The van der Waals surface area contributed by atoms with E-state index in [9.17, 15) is 4.79 Å². The lowest BCUT2D eigenvalue weighted by atomic mass is 10.0. The van der Waals surface area contributed by atoms with E-state index in [2.05, 4.69) is 10.3 Å². The monoisotopic (exact) mass is 365 g/mol. The number of halogens is 1. The van der Waals surface area contributed by atoms with Crippen LogP contribution in [0.3, 0.4) is 0 Å². The molecule has 1 aromatic carbocycles. The second-order valence-electron chi connectivity index (χ2n) is 5.48. The van der Waals surface area contributed by atoms with Gasteiger partial charge in [0, 0.05) is 12.4 Å². The van der Waals surface area contributed by atoms with Gasteiger partial charge in [-0.05, 0) is 48.1 Å². The lowest BCUT2D eigenvalue weighted by molar-refractivity contribution is -0.123. The van der Waals surface area contributed by atoms with Gasteiger partial charge in [0.1, 0.15) is 0 Å². The Balaban J connectivity index is 0.00000288. The standard InChI is InChI=1S/C18H23N3OS.ClH/c1-13(21-18(22)17(19)9-11-23-2)14-5-7-15(8-6-14)16-4-3-10-20-12-16;/h3-8,10,12-13,17H,9,11,19H2,1-2H3,(H,21,22);1H/t13?,17-;/m0./s1. The van der Waals surface area contributed by atoms with Crippen LogP contribution < -0.4 is 11.1 Å². The topological polar surface area (TPSA) is 68.0 Å². The maximum absolute atomic E-state index is 12.1. The maximum atomic E-state index is 12.1. The minimum absolute atomic E-state index is 0. The molecule has 0 aliphatic heterocycles. The zero-order valence-electron chi connectivity index (χ0n) is 13.9. The van der Waals surface area contributed by atoms with Gasteiger partial charge in [0.15, 0.2) is 0 Å². The van der Waals surface area contributed by atoms with Gasteiger partial charge in [-0.3, -0.25) is 9.78 Å². The fraction of sp³-hybridized carbons (Fsp3) is 0.333. The summed E-state index contributed by atoms with van der Waals surface area (Å²) in [6.45, 7) is 1.97. The van der Waals surface area contributed by atoms with Crippen LogP contribution in [0.15, 0.2) is 48.8 Å². The van der Waals surface area contributed by atoms with Crippen LogP contribution >= 0.6 is 24.2 Å². The summed E-state index contributed by atoms with van der Waals surface area (Å²) in [7, 11) is 0. The van der Waals surface area contributed by atoms with Crippen molar-refractivity contribution in [3.63, 3.8) is 0 Å². The molecule has 24 heavy (non-hydrogen) atoms. The van der Waals surface area contributed by atoms with Crippen LogP contribution in [0.1, 0.15) is 24.9 Å². The first-order valence-corrected chi connectivity index (χ1v) is 9.06. The van der Waals surface area contributed by atoms with Crippen LogP contribution in [-0.4, -0.2) is 28.9 Å². The van der Waals surface area contributed by atoms with E-state index >= 15 is 0 Å². The van der Waals surface area contributed by atoms with E-state index in [-0.39, 0.29) is 24.4 Å². The Morgan fingerprint density at radius 2 is 1.96 bits per heavy atom. The number of pyridine rings is 1. The van der Waals surface area contributed by atoms with Crippen LogP contribution in [0.5, 0.6) is 0 Å². The number of nitrogens with zero attached hydrogens (tertiary/aromatic N) is 1. The van der Waals surface area contributed by atoms with E-state index in [1.165, 1.54) is 0 Å². The van der Waals surface area contributed by atoms with E-state index in [1.807, 2.05) is 55.8 Å². The molecule has 0 radical (unpaired) electrons. The number of aromatic nitrogens is 1. The Labute approximate surface area is 154 Å². The number of hydrogen-bond acceptors (Lipinski definition) is 4. The summed E-state index contributed by atoms with van der Waals surface area (Å²) >= 11 is 1.70. The van der Waals surface area contributed by atoms with E-state index < -0.39 is 6.04 Å². The van der Waals surface area contributed by atoms with Crippen molar-refractivity contribution in [1.29, 1.82) is 0 Å². The van der Waals surface area contributed by atoms with Crippen molar-refractivity contribution >= 4 is 30.1 Å². The summed E-state index contributed by atoms with van der Waals surface area (Å²) in [5, 5.41) is 2.98. The maximum Gasteiger partial charge on any atom is 0.237 e. The van der Waals surface area contributed by atoms with Crippen molar-refractivity contribution in [3.05, 3.63) is 54.4 Å². The first kappa shape index (κ1) is 20.5. The number of carbonyl (C=O) groups excluding carboxylic acids is 1. The highest BCUT2D eigenvalue weighted by molar-refractivity contribution is 7.98. The lowest BCUT2D eigenvalue weighted by Gasteiger charge is -2.18. The third kappa shape index (κ3) is 5.82. The molecule has 0 fully saturated rings. The van der Waals surface area contributed by atoms with Crippen molar-refractivity contribution < 1.29 is 4.79 Å². The Kier molecular flexibility index (Phi) is 8.82. The molecule has 0 saturated heterocycles. The number of thioether (sulfide) groups is 1. The van der Waals surface area contributed by atoms with Crippen LogP contribution in [0.25, 0.3) is 11.1 Å². The van der Waals surface area contributed by atoms with E-state index in [1.54, 1.807) is 18.0 Å². The molecule has 1 amide bonds. The van der Waals surface area contributed by atoms with Gasteiger partial charge >= 0.3 is 0 Å². The van der Waals surface area contributed by atoms with Gasteiger partial charge in [0.05, 0.1) is 12.1 Å². The number of carbonyl (C=O) groups is 1. The fourth-order valence-corrected chi connectivity index (χ4v) is 2.77. The molecule has 130 valence electrons. The summed E-state index contributed by atoms with van der Waals surface area (Å²) in [4.78, 5) is 16.2. The second kappa shape index (κ2) is 10.3. The molecule has 6 heteroatoms. The molecule has 0 saturated carbocycles. The molecule has 0 spiro atoms. The summed E-state index contributed by atoms with van der Waals surface area (Å²) in [5.74, 6) is 0.797. The highest BCUT2D eigenvalue weighted by Gasteiger charge is 2.16. The Hall–Kier alpha value is -1.56. The first-order chi connectivity index (χ1) is 11.1. The molecule has 4 nitrogen and oxygen atoms in total. The number of hydrogen-bond donors (Lipinski definition) is 2. The zero-order chi connectivity index (χ0) is 16.7. The summed E-state index contributed by atoms with van der Waals surface area (Å²) < 4.78 is 0. The van der Waals surface area contributed by atoms with Crippen molar-refractivity contribution in [2.45, 2.75) is 25.4 Å². The molecule has 0 bridgehead atoms. The largest absolute Gasteiger partial charge is 0.348 e. The molecule has 0 aliphatic rings. The number of amides is 1. The highest BCUT2D eigenvalue weighted by atomic mass is 35.5. The normalized spacial score (nSPS) is 12.8. The average Bonchev–Trinajstić information content (AvgIpc) is 2.60. The second-order valence-corrected chi connectivity index (χ2v) is 6.47. The predicted molar refractivity (Wildman–Crippen MR) is 104 cm³/mol. The summed E-state index contributed by atoms with van der Waals surface area (Å²) in [6.07, 6.45) is 6.30. The first-order valence-electron chi connectivity index (χ1n) is 7.67. The number of rotatable bonds is 7. The smallest absolute Gasteiger partial charge is 0.237 e. The van der Waals surface area contributed by atoms with Gasteiger partial charge in [0.25, 0.3) is 0 Å². The quantitative estimate of drug-likeness (QED) is 0.788. The van der Waals surface area contributed by atoms with E-state index in [0.29, 0.717) is 6.42 Å². The molecule has 2 aromatic rings. The van der Waals surface area contributed by atoms with E-state index in [4.69, 9.17) is 5.73 Å². The molecule has 0 aliphatic carbocycles. The predicted octanol–water partition coefficient (Wildman–Crippen LogP) is 3.43. The lowest BCUT2D eigenvalue weighted by Crippen LogP contribution is -2.41. The van der Waals surface area contributed by atoms with Gasteiger partial charge in [-0.2, -0.15) is 11.8 Å². The molecule has 1 unspecified atom stereocenters.